The van der Waals surface area contributed by atoms with Crippen LogP contribution in [0, 0.1) is 13.8 Å². The summed E-state index contributed by atoms with van der Waals surface area (Å²) in [4.78, 5) is 16.2. The van der Waals surface area contributed by atoms with Crippen molar-refractivity contribution in [3.05, 3.63) is 59.9 Å². The van der Waals surface area contributed by atoms with E-state index in [-0.39, 0.29) is 12.5 Å². The van der Waals surface area contributed by atoms with E-state index in [4.69, 9.17) is 9.26 Å². The van der Waals surface area contributed by atoms with E-state index >= 15 is 0 Å². The lowest BCUT2D eigenvalue weighted by atomic mass is 10.2. The lowest BCUT2D eigenvalue weighted by Gasteiger charge is -2.09. The van der Waals surface area contributed by atoms with Crippen molar-refractivity contribution >= 4 is 11.6 Å². The number of hydrogen-bond acceptors (Lipinski definition) is 5. The van der Waals surface area contributed by atoms with Gasteiger partial charge in [0.05, 0.1) is 5.56 Å². The molecule has 6 heteroatoms. The molecule has 1 heterocycles. The third-order valence-corrected chi connectivity index (χ3v) is 3.34. The first-order chi connectivity index (χ1) is 11.6. The summed E-state index contributed by atoms with van der Waals surface area (Å²) in [6.07, 6.45) is 0. The van der Waals surface area contributed by atoms with Crippen molar-refractivity contribution in [1.82, 2.24) is 10.1 Å². The number of aryl methyl sites for hydroxylation is 2. The molecule has 1 aromatic heterocycles. The average Bonchev–Trinajstić information content (AvgIpc) is 3.02. The van der Waals surface area contributed by atoms with E-state index in [1.165, 1.54) is 0 Å². The Morgan fingerprint density at radius 1 is 1.12 bits per heavy atom. The molecule has 0 unspecified atom stereocenters. The van der Waals surface area contributed by atoms with E-state index in [0.29, 0.717) is 23.0 Å². The molecule has 0 atom stereocenters. The van der Waals surface area contributed by atoms with Crippen LogP contribution in [-0.4, -0.2) is 22.7 Å². The van der Waals surface area contributed by atoms with Gasteiger partial charge in [0.25, 0.3) is 11.8 Å². The van der Waals surface area contributed by atoms with Crippen LogP contribution in [0.25, 0.3) is 11.5 Å². The highest BCUT2D eigenvalue weighted by Gasteiger charge is 2.13. The van der Waals surface area contributed by atoms with Crippen molar-refractivity contribution in [2.45, 2.75) is 13.8 Å². The van der Waals surface area contributed by atoms with E-state index in [1.54, 1.807) is 19.1 Å². The first-order valence-electron chi connectivity index (χ1n) is 7.51. The van der Waals surface area contributed by atoms with Crippen LogP contribution in [0.3, 0.4) is 0 Å². The number of ether oxygens (including phenoxy) is 1. The zero-order chi connectivity index (χ0) is 16.9. The van der Waals surface area contributed by atoms with Crippen LogP contribution in [-0.2, 0) is 4.79 Å². The molecule has 0 bridgehead atoms. The maximum atomic E-state index is 12.0. The van der Waals surface area contributed by atoms with Crippen LogP contribution in [0.2, 0.25) is 0 Å². The van der Waals surface area contributed by atoms with Gasteiger partial charge in [0, 0.05) is 5.69 Å². The van der Waals surface area contributed by atoms with Gasteiger partial charge in [-0.25, -0.2) is 0 Å². The summed E-state index contributed by atoms with van der Waals surface area (Å²) in [5.74, 6) is 1.18. The number of anilines is 1. The summed E-state index contributed by atoms with van der Waals surface area (Å²) >= 11 is 0. The van der Waals surface area contributed by atoms with E-state index in [0.717, 1.165) is 11.3 Å². The number of benzene rings is 2. The number of carbonyl (C=O) groups is 1. The Morgan fingerprint density at radius 2 is 1.88 bits per heavy atom. The Hall–Kier alpha value is -3.15. The smallest absolute Gasteiger partial charge is 0.262 e. The summed E-state index contributed by atoms with van der Waals surface area (Å²) in [7, 11) is 0. The predicted molar refractivity (Wildman–Crippen MR) is 89.8 cm³/mol. The van der Waals surface area contributed by atoms with E-state index in [1.807, 2.05) is 43.3 Å². The second-order valence-electron chi connectivity index (χ2n) is 5.35. The number of aromatic nitrogens is 2. The Kier molecular flexibility index (Phi) is 4.56. The number of amides is 1. The highest BCUT2D eigenvalue weighted by molar-refractivity contribution is 5.92. The second kappa shape index (κ2) is 6.95. The largest absolute Gasteiger partial charge is 0.483 e. The topological polar surface area (TPSA) is 77.2 Å². The molecular formula is C18H17N3O3. The number of nitrogens with one attached hydrogen (secondary N) is 1. The molecule has 24 heavy (non-hydrogen) atoms. The fraction of sp³-hybridized carbons (Fsp3) is 0.167. The van der Waals surface area contributed by atoms with Crippen molar-refractivity contribution in [2.75, 3.05) is 11.9 Å². The van der Waals surface area contributed by atoms with Gasteiger partial charge < -0.3 is 14.6 Å². The number of rotatable bonds is 5. The quantitative estimate of drug-likeness (QED) is 0.779. The number of hydrogen-bond donors (Lipinski definition) is 1. The van der Waals surface area contributed by atoms with Gasteiger partial charge in [-0.05, 0) is 38.1 Å². The molecule has 0 aliphatic carbocycles. The van der Waals surface area contributed by atoms with Crippen LogP contribution in [0.5, 0.6) is 5.75 Å². The van der Waals surface area contributed by atoms with E-state index in [2.05, 4.69) is 15.5 Å². The second-order valence-corrected chi connectivity index (χ2v) is 5.35. The predicted octanol–water partition coefficient (Wildman–Crippen LogP) is 3.37. The molecule has 1 amide bonds. The highest BCUT2D eigenvalue weighted by atomic mass is 16.5. The zero-order valence-corrected chi connectivity index (χ0v) is 13.4. The van der Waals surface area contributed by atoms with E-state index in [9.17, 15) is 4.79 Å². The molecule has 0 aliphatic rings. The Balaban J connectivity index is 1.66. The van der Waals surface area contributed by atoms with Crippen LogP contribution < -0.4 is 10.1 Å². The molecule has 3 aromatic rings. The number of nitrogens with zero attached hydrogens (tertiary/aromatic N) is 2. The maximum Gasteiger partial charge on any atom is 0.262 e. The lowest BCUT2D eigenvalue weighted by molar-refractivity contribution is -0.118. The maximum absolute atomic E-state index is 12.0. The highest BCUT2D eigenvalue weighted by Crippen LogP contribution is 2.28. The van der Waals surface area contributed by atoms with Gasteiger partial charge in [-0.3, -0.25) is 4.79 Å². The molecule has 0 radical (unpaired) electrons. The minimum absolute atomic E-state index is 0.113. The SMILES string of the molecule is Cc1ccc(NC(=O)COc2ccccc2-c2nc(C)no2)cc1. The normalized spacial score (nSPS) is 10.4. The molecule has 0 spiro atoms. The summed E-state index contributed by atoms with van der Waals surface area (Å²) in [5.41, 5.74) is 2.52. The summed E-state index contributed by atoms with van der Waals surface area (Å²) in [6, 6.07) is 14.8. The van der Waals surface area contributed by atoms with Gasteiger partial charge in [0.15, 0.2) is 12.4 Å². The minimum Gasteiger partial charge on any atom is -0.483 e. The zero-order valence-electron chi connectivity index (χ0n) is 13.4. The average molecular weight is 323 g/mol. The van der Waals surface area contributed by atoms with Crippen molar-refractivity contribution in [2.24, 2.45) is 0 Å². The fourth-order valence-electron chi connectivity index (χ4n) is 2.15. The molecule has 3 rings (SSSR count). The van der Waals surface area contributed by atoms with Crippen molar-refractivity contribution in [1.29, 1.82) is 0 Å². The third-order valence-electron chi connectivity index (χ3n) is 3.34. The van der Waals surface area contributed by atoms with Crippen LogP contribution >= 0.6 is 0 Å². The monoisotopic (exact) mass is 323 g/mol. The van der Waals surface area contributed by atoms with Gasteiger partial charge in [-0.2, -0.15) is 4.98 Å². The molecule has 2 aromatic carbocycles. The fourth-order valence-corrected chi connectivity index (χ4v) is 2.15. The standard InChI is InChI=1S/C18H17N3O3/c1-12-7-9-14(10-8-12)20-17(22)11-23-16-6-4-3-5-15(16)18-19-13(2)21-24-18/h3-10H,11H2,1-2H3,(H,20,22). The van der Waals surface area contributed by atoms with Gasteiger partial charge in [-0.1, -0.05) is 35.0 Å². The van der Waals surface area contributed by atoms with Crippen LogP contribution in [0.4, 0.5) is 5.69 Å². The van der Waals surface area contributed by atoms with Crippen molar-refractivity contribution in [3.8, 4) is 17.2 Å². The molecule has 0 fully saturated rings. The minimum atomic E-state index is -0.240. The Bertz CT molecular complexity index is 841. The van der Waals surface area contributed by atoms with Gasteiger partial charge in [0.1, 0.15) is 5.75 Å². The molecule has 1 N–H and O–H groups in total. The van der Waals surface area contributed by atoms with Gasteiger partial charge in [-0.15, -0.1) is 0 Å². The van der Waals surface area contributed by atoms with Crippen molar-refractivity contribution in [3.63, 3.8) is 0 Å². The third kappa shape index (κ3) is 3.78. The summed E-state index contributed by atoms with van der Waals surface area (Å²) in [6.45, 7) is 3.62. The molecular weight excluding hydrogens is 306 g/mol. The Labute approximate surface area is 139 Å². The first-order valence-corrected chi connectivity index (χ1v) is 7.51. The van der Waals surface area contributed by atoms with Crippen LogP contribution in [0.15, 0.2) is 53.1 Å². The lowest BCUT2D eigenvalue weighted by Crippen LogP contribution is -2.20. The summed E-state index contributed by atoms with van der Waals surface area (Å²) < 4.78 is 10.8. The molecule has 122 valence electrons. The van der Waals surface area contributed by atoms with Gasteiger partial charge in [0.2, 0.25) is 0 Å². The molecule has 0 saturated carbocycles. The molecule has 0 aliphatic heterocycles. The number of carbonyl (C=O) groups excluding carboxylic acids is 1. The first kappa shape index (κ1) is 15.7. The van der Waals surface area contributed by atoms with E-state index < -0.39 is 0 Å². The molecule has 0 saturated heterocycles. The Morgan fingerprint density at radius 3 is 2.58 bits per heavy atom. The van der Waals surface area contributed by atoms with Gasteiger partial charge >= 0.3 is 0 Å². The van der Waals surface area contributed by atoms with Crippen molar-refractivity contribution < 1.29 is 14.1 Å². The summed E-state index contributed by atoms with van der Waals surface area (Å²) in [5, 5.41) is 6.56. The van der Waals surface area contributed by atoms with Crippen LogP contribution in [0.1, 0.15) is 11.4 Å². The molecule has 6 nitrogen and oxygen atoms in total. The number of para-hydroxylation sites is 1.